The van der Waals surface area contributed by atoms with Crippen LogP contribution in [0.15, 0.2) is 59.7 Å². The molecule has 0 unspecified atom stereocenters. The summed E-state index contributed by atoms with van der Waals surface area (Å²) in [5.74, 6) is -0.466. The fourth-order valence-corrected chi connectivity index (χ4v) is 4.58. The van der Waals surface area contributed by atoms with Crippen molar-refractivity contribution in [2.75, 3.05) is 20.3 Å². The smallest absolute Gasteiger partial charge is 0.266 e. The van der Waals surface area contributed by atoms with Crippen LogP contribution in [-0.2, 0) is 10.6 Å². The minimum atomic E-state index is -1.74. The summed E-state index contributed by atoms with van der Waals surface area (Å²) in [5, 5.41) is 14.4. The Morgan fingerprint density at radius 2 is 2.03 bits per heavy atom. The molecule has 1 N–H and O–H groups in total. The molecule has 5 rings (SSSR count). The average molecular weight is 466 g/mol. The lowest BCUT2D eigenvalue weighted by Gasteiger charge is -2.39. The van der Waals surface area contributed by atoms with Crippen molar-refractivity contribution in [1.29, 1.82) is 0 Å². The molecular weight excluding hydrogens is 442 g/mol. The Bertz CT molecular complexity index is 1280. The third-order valence-electron chi connectivity index (χ3n) is 6.19. The van der Waals surface area contributed by atoms with Gasteiger partial charge in [0.2, 0.25) is 0 Å². The van der Waals surface area contributed by atoms with Gasteiger partial charge < -0.3 is 24.1 Å². The number of amidine groups is 1. The van der Waals surface area contributed by atoms with Crippen LogP contribution in [0.4, 0.5) is 8.78 Å². The highest BCUT2D eigenvalue weighted by molar-refractivity contribution is 6.03. The zero-order valence-corrected chi connectivity index (χ0v) is 18.8. The quantitative estimate of drug-likeness (QED) is 0.612. The maximum absolute atomic E-state index is 14.7. The molecule has 9 heteroatoms. The summed E-state index contributed by atoms with van der Waals surface area (Å²) in [4.78, 5) is 11.5. The zero-order valence-electron chi connectivity index (χ0n) is 18.8. The largest absolute Gasteiger partial charge is 0.495 e. The van der Waals surface area contributed by atoms with Crippen LogP contribution in [0.5, 0.6) is 5.75 Å². The molecule has 0 saturated carbocycles. The Hall–Kier alpha value is -3.72. The van der Waals surface area contributed by atoms with Gasteiger partial charge in [0.25, 0.3) is 5.72 Å². The standard InChI is InChI=1S/C25H24F2N4O3/c1-16-13-30(15-28-16)21-9-8-17(12-22(21)33-2)11-18-5-4-10-31-24(18)29-34-25(31,14-32)23-19(26)6-3-7-20(23)27/h3,6-9,11-13,15,32H,4-5,10,14H2,1-2H3/b18-11+/t25-/m0/s1. The fraction of sp³-hybridized carbons (Fsp3) is 0.280. The first-order valence-corrected chi connectivity index (χ1v) is 11.0. The van der Waals surface area contributed by atoms with Crippen LogP contribution in [0.2, 0.25) is 0 Å². The maximum atomic E-state index is 14.7. The molecule has 2 aliphatic heterocycles. The molecule has 0 amide bonds. The van der Waals surface area contributed by atoms with Crippen molar-refractivity contribution in [3.05, 3.63) is 83.0 Å². The molecule has 0 bridgehead atoms. The summed E-state index contributed by atoms with van der Waals surface area (Å²) in [6, 6.07) is 9.36. The highest BCUT2D eigenvalue weighted by atomic mass is 19.1. The molecule has 1 saturated heterocycles. The minimum Gasteiger partial charge on any atom is -0.495 e. The number of methoxy groups -OCH3 is 1. The lowest BCUT2D eigenvalue weighted by Crippen LogP contribution is -2.52. The first-order chi connectivity index (χ1) is 16.5. The number of halogens is 2. The number of aryl methyl sites for hydroxylation is 1. The third kappa shape index (κ3) is 3.52. The van der Waals surface area contributed by atoms with E-state index in [0.29, 0.717) is 31.0 Å². The topological polar surface area (TPSA) is 72.1 Å². The second-order valence-electron chi connectivity index (χ2n) is 8.32. The summed E-state index contributed by atoms with van der Waals surface area (Å²) in [5.41, 5.74) is 1.37. The number of nitrogens with zero attached hydrogens (tertiary/aromatic N) is 4. The number of aliphatic hydroxyl groups is 1. The van der Waals surface area contributed by atoms with Crippen LogP contribution in [0.3, 0.4) is 0 Å². The van der Waals surface area contributed by atoms with E-state index in [1.807, 2.05) is 42.0 Å². The van der Waals surface area contributed by atoms with Gasteiger partial charge in [0.05, 0.1) is 30.4 Å². The summed E-state index contributed by atoms with van der Waals surface area (Å²) < 4.78 is 36.8. The number of piperidine rings is 1. The molecule has 1 aromatic heterocycles. The zero-order chi connectivity index (χ0) is 23.9. The molecule has 3 aromatic rings. The Morgan fingerprint density at radius 1 is 1.24 bits per heavy atom. The maximum Gasteiger partial charge on any atom is 0.266 e. The molecule has 0 radical (unpaired) electrons. The molecule has 2 aromatic carbocycles. The second-order valence-corrected chi connectivity index (χ2v) is 8.32. The van der Waals surface area contributed by atoms with E-state index in [2.05, 4.69) is 10.1 Å². The monoisotopic (exact) mass is 466 g/mol. The summed E-state index contributed by atoms with van der Waals surface area (Å²) >= 11 is 0. The van der Waals surface area contributed by atoms with Crippen molar-refractivity contribution >= 4 is 11.9 Å². The molecule has 34 heavy (non-hydrogen) atoms. The average Bonchev–Trinajstić information content (AvgIpc) is 3.44. The molecule has 0 aliphatic carbocycles. The van der Waals surface area contributed by atoms with Gasteiger partial charge in [0, 0.05) is 12.7 Å². The van der Waals surface area contributed by atoms with Crippen molar-refractivity contribution in [1.82, 2.24) is 14.5 Å². The van der Waals surface area contributed by atoms with Gasteiger partial charge >= 0.3 is 0 Å². The van der Waals surface area contributed by atoms with E-state index in [1.165, 1.54) is 6.07 Å². The van der Waals surface area contributed by atoms with Gasteiger partial charge in [0.1, 0.15) is 24.0 Å². The highest BCUT2D eigenvalue weighted by Gasteiger charge is 2.52. The van der Waals surface area contributed by atoms with E-state index in [9.17, 15) is 13.9 Å². The van der Waals surface area contributed by atoms with Crippen LogP contribution in [-0.4, -0.2) is 45.7 Å². The van der Waals surface area contributed by atoms with E-state index in [1.54, 1.807) is 18.3 Å². The molecule has 2 aliphatic rings. The Labute approximate surface area is 195 Å². The number of aromatic nitrogens is 2. The number of rotatable bonds is 5. The fourth-order valence-electron chi connectivity index (χ4n) is 4.58. The van der Waals surface area contributed by atoms with Gasteiger partial charge in [-0.15, -0.1) is 0 Å². The third-order valence-corrected chi connectivity index (χ3v) is 6.19. The van der Waals surface area contributed by atoms with Gasteiger partial charge in [-0.1, -0.05) is 17.3 Å². The number of hydrogen-bond acceptors (Lipinski definition) is 6. The highest BCUT2D eigenvalue weighted by Crippen LogP contribution is 2.42. The second kappa shape index (κ2) is 8.57. The summed E-state index contributed by atoms with van der Waals surface area (Å²) in [6.45, 7) is 1.70. The van der Waals surface area contributed by atoms with Crippen LogP contribution in [0.25, 0.3) is 11.8 Å². The lowest BCUT2D eigenvalue weighted by molar-refractivity contribution is -0.141. The molecule has 7 nitrogen and oxygen atoms in total. The Morgan fingerprint density at radius 3 is 2.71 bits per heavy atom. The number of oxime groups is 1. The van der Waals surface area contributed by atoms with Gasteiger partial charge in [-0.05, 0) is 61.2 Å². The van der Waals surface area contributed by atoms with Gasteiger partial charge in [-0.2, -0.15) is 0 Å². The van der Waals surface area contributed by atoms with Crippen molar-refractivity contribution in [3.8, 4) is 11.4 Å². The first kappa shape index (κ1) is 22.1. The number of aliphatic hydroxyl groups excluding tert-OH is 1. The van der Waals surface area contributed by atoms with E-state index in [4.69, 9.17) is 9.57 Å². The van der Waals surface area contributed by atoms with Crippen LogP contribution in [0, 0.1) is 18.6 Å². The minimum absolute atomic E-state index is 0.348. The van der Waals surface area contributed by atoms with E-state index >= 15 is 0 Å². The Kier molecular flexibility index (Phi) is 5.57. The van der Waals surface area contributed by atoms with E-state index in [0.717, 1.165) is 34.7 Å². The van der Waals surface area contributed by atoms with E-state index in [-0.39, 0.29) is 5.56 Å². The van der Waals surface area contributed by atoms with Crippen molar-refractivity contribution < 1.29 is 23.5 Å². The van der Waals surface area contributed by atoms with Crippen LogP contribution in [0.1, 0.15) is 29.7 Å². The van der Waals surface area contributed by atoms with Crippen molar-refractivity contribution in [3.63, 3.8) is 0 Å². The van der Waals surface area contributed by atoms with Gasteiger partial charge in [0.15, 0.2) is 5.84 Å². The van der Waals surface area contributed by atoms with Gasteiger partial charge in [-0.3, -0.25) is 0 Å². The lowest BCUT2D eigenvalue weighted by atomic mass is 9.94. The van der Waals surface area contributed by atoms with Crippen LogP contribution >= 0.6 is 0 Å². The summed E-state index contributed by atoms with van der Waals surface area (Å²) in [6.07, 6.45) is 6.99. The van der Waals surface area contributed by atoms with Crippen molar-refractivity contribution in [2.24, 2.45) is 5.16 Å². The molecule has 176 valence electrons. The van der Waals surface area contributed by atoms with Crippen molar-refractivity contribution in [2.45, 2.75) is 25.5 Å². The van der Waals surface area contributed by atoms with Crippen LogP contribution < -0.4 is 4.74 Å². The van der Waals surface area contributed by atoms with E-state index < -0.39 is 24.0 Å². The number of benzene rings is 2. The SMILES string of the molecule is COc1cc(/C=C2\CCCN3C2=NO[C@@]3(CO)c2c(F)cccc2F)ccc1-n1cnc(C)c1. The normalized spacial score (nSPS) is 20.8. The molecule has 1 fully saturated rings. The molecule has 3 heterocycles. The number of ether oxygens (including phenoxy) is 1. The molecular formula is C25H24F2N4O3. The number of hydrogen-bond donors (Lipinski definition) is 1. The summed E-state index contributed by atoms with van der Waals surface area (Å²) in [7, 11) is 1.61. The predicted octanol–water partition coefficient (Wildman–Crippen LogP) is 4.14. The predicted molar refractivity (Wildman–Crippen MR) is 122 cm³/mol. The molecule has 0 spiro atoms. The molecule has 1 atom stereocenters. The van der Waals surface area contributed by atoms with Gasteiger partial charge in [-0.25, -0.2) is 13.8 Å². The Balaban J connectivity index is 1.50. The first-order valence-electron chi connectivity index (χ1n) is 11.0. The number of fused-ring (bicyclic) bond motifs is 1. The number of imidazole rings is 1.